The first-order valence-corrected chi connectivity index (χ1v) is 10.5. The molecule has 2 heterocycles. The highest BCUT2D eigenvalue weighted by molar-refractivity contribution is 8.03. The van der Waals surface area contributed by atoms with Gasteiger partial charge in [-0.25, -0.2) is 4.39 Å². The van der Waals surface area contributed by atoms with Gasteiger partial charge in [0.05, 0.1) is 29.0 Å². The monoisotopic (exact) mass is 421 g/mol. The molecule has 4 nitrogen and oxygen atoms in total. The molecule has 0 spiro atoms. The van der Waals surface area contributed by atoms with E-state index in [4.69, 9.17) is 4.42 Å². The number of carbonyl (C=O) groups excluding carboxylic acids is 2. The van der Waals surface area contributed by atoms with E-state index in [1.807, 2.05) is 38.1 Å². The number of halogens is 1. The summed E-state index contributed by atoms with van der Waals surface area (Å²) in [4.78, 5) is 28.1. The van der Waals surface area contributed by atoms with Crippen molar-refractivity contribution < 1.29 is 18.4 Å². The van der Waals surface area contributed by atoms with Crippen LogP contribution in [0.5, 0.6) is 0 Å². The van der Waals surface area contributed by atoms with Crippen molar-refractivity contribution in [2.75, 3.05) is 0 Å². The van der Waals surface area contributed by atoms with E-state index >= 15 is 0 Å². The average molecular weight is 421 g/mol. The molecule has 1 aromatic heterocycles. The Morgan fingerprint density at radius 3 is 2.40 bits per heavy atom. The van der Waals surface area contributed by atoms with Crippen molar-refractivity contribution in [1.82, 2.24) is 4.90 Å². The second kappa shape index (κ2) is 8.32. The summed E-state index contributed by atoms with van der Waals surface area (Å²) in [6.07, 6.45) is 1.58. The second-order valence-electron chi connectivity index (χ2n) is 7.19. The minimum atomic E-state index is -0.360. The summed E-state index contributed by atoms with van der Waals surface area (Å²) >= 11 is 1.30. The van der Waals surface area contributed by atoms with E-state index in [0.29, 0.717) is 21.8 Å². The molecule has 2 amide bonds. The lowest BCUT2D eigenvalue weighted by atomic mass is 10.0. The fraction of sp³-hybridized carbons (Fsp3) is 0.167. The van der Waals surface area contributed by atoms with Crippen molar-refractivity contribution in [2.24, 2.45) is 0 Å². The number of benzene rings is 2. The molecule has 3 aromatic rings. The van der Waals surface area contributed by atoms with E-state index in [0.717, 1.165) is 22.5 Å². The number of nitrogens with zero attached hydrogens (tertiary/aromatic N) is 1. The molecular weight excluding hydrogens is 401 g/mol. The number of hydrogen-bond donors (Lipinski definition) is 0. The predicted molar refractivity (Wildman–Crippen MR) is 115 cm³/mol. The Bertz CT molecular complexity index is 1130. The first kappa shape index (κ1) is 20.2. The van der Waals surface area contributed by atoms with Gasteiger partial charge in [-0.3, -0.25) is 14.5 Å². The van der Waals surface area contributed by atoms with Gasteiger partial charge in [-0.15, -0.1) is 11.8 Å². The van der Waals surface area contributed by atoms with E-state index < -0.39 is 0 Å². The summed E-state index contributed by atoms with van der Waals surface area (Å²) in [7, 11) is 0. The maximum Gasteiger partial charge on any atom is 0.268 e. The largest absolute Gasteiger partial charge is 0.468 e. The highest BCUT2D eigenvalue weighted by atomic mass is 32.2. The van der Waals surface area contributed by atoms with Gasteiger partial charge < -0.3 is 4.42 Å². The van der Waals surface area contributed by atoms with Crippen LogP contribution in [0.15, 0.2) is 70.2 Å². The van der Waals surface area contributed by atoms with E-state index in [-0.39, 0.29) is 24.2 Å². The first-order valence-electron chi connectivity index (χ1n) is 9.52. The van der Waals surface area contributed by atoms with Crippen LogP contribution in [-0.4, -0.2) is 16.7 Å². The van der Waals surface area contributed by atoms with Gasteiger partial charge in [-0.05, 0) is 60.4 Å². The molecular formula is C24H20FNO3S. The Morgan fingerprint density at radius 1 is 0.967 bits per heavy atom. The minimum absolute atomic E-state index is 0.0943. The molecule has 0 atom stereocenters. The van der Waals surface area contributed by atoms with E-state index in [1.165, 1.54) is 28.8 Å². The summed E-state index contributed by atoms with van der Waals surface area (Å²) in [5.41, 5.74) is 3.98. The summed E-state index contributed by atoms with van der Waals surface area (Å²) < 4.78 is 18.6. The van der Waals surface area contributed by atoms with Crippen LogP contribution in [0.2, 0.25) is 0 Å². The van der Waals surface area contributed by atoms with Crippen molar-refractivity contribution in [3.63, 3.8) is 0 Å². The van der Waals surface area contributed by atoms with Crippen molar-refractivity contribution in [1.29, 1.82) is 0 Å². The third-order valence-electron chi connectivity index (χ3n) is 5.11. The average Bonchev–Trinajstić information content (AvgIpc) is 3.32. The third-order valence-corrected chi connectivity index (χ3v) is 6.21. The number of imide groups is 1. The number of thioether (sulfide) groups is 1. The SMILES string of the molecule is Cc1ccc(C2=C(SCc3ccco3)C(=O)N(Cc3ccc(F)cc3)C2=O)cc1C. The molecule has 0 unspecified atom stereocenters. The summed E-state index contributed by atoms with van der Waals surface area (Å²) in [5, 5.41) is 0. The Morgan fingerprint density at radius 2 is 1.73 bits per heavy atom. The first-order chi connectivity index (χ1) is 14.4. The standard InChI is InChI=1S/C24H20FNO3S/c1-15-5-8-18(12-16(15)2)21-22(30-14-20-4-3-11-29-20)24(28)26(23(21)27)13-17-6-9-19(25)10-7-17/h3-12H,13-14H2,1-2H3. The van der Waals surface area contributed by atoms with Crippen LogP contribution in [0.25, 0.3) is 5.57 Å². The van der Waals surface area contributed by atoms with Crippen molar-refractivity contribution in [3.8, 4) is 0 Å². The lowest BCUT2D eigenvalue weighted by Crippen LogP contribution is -2.30. The maximum absolute atomic E-state index is 13.3. The number of amides is 2. The van der Waals surface area contributed by atoms with Crippen LogP contribution in [0.3, 0.4) is 0 Å². The highest BCUT2D eigenvalue weighted by Crippen LogP contribution is 2.38. The van der Waals surface area contributed by atoms with E-state index in [1.54, 1.807) is 24.5 Å². The quantitative estimate of drug-likeness (QED) is 0.510. The Labute approximate surface area is 178 Å². The zero-order chi connectivity index (χ0) is 21.3. The Hall–Kier alpha value is -3.12. The minimum Gasteiger partial charge on any atom is -0.468 e. The van der Waals surface area contributed by atoms with Gasteiger partial charge in [0.1, 0.15) is 11.6 Å². The van der Waals surface area contributed by atoms with Gasteiger partial charge in [-0.2, -0.15) is 0 Å². The zero-order valence-corrected chi connectivity index (χ0v) is 17.5. The Kier molecular flexibility index (Phi) is 5.59. The molecule has 152 valence electrons. The number of rotatable bonds is 6. The van der Waals surface area contributed by atoms with Crippen LogP contribution in [0.1, 0.15) is 28.0 Å². The van der Waals surface area contributed by atoms with Gasteiger partial charge in [0.15, 0.2) is 0 Å². The molecule has 2 aromatic carbocycles. The number of aryl methyl sites for hydroxylation is 2. The molecule has 4 rings (SSSR count). The molecule has 30 heavy (non-hydrogen) atoms. The molecule has 0 fully saturated rings. The predicted octanol–water partition coefficient (Wildman–Crippen LogP) is 5.25. The smallest absolute Gasteiger partial charge is 0.268 e. The van der Waals surface area contributed by atoms with Crippen molar-refractivity contribution in [3.05, 3.63) is 99.6 Å². The molecule has 6 heteroatoms. The lowest BCUT2D eigenvalue weighted by Gasteiger charge is -2.15. The van der Waals surface area contributed by atoms with Gasteiger partial charge >= 0.3 is 0 Å². The van der Waals surface area contributed by atoms with E-state index in [9.17, 15) is 14.0 Å². The van der Waals surface area contributed by atoms with Crippen LogP contribution in [-0.2, 0) is 21.9 Å². The number of carbonyl (C=O) groups is 2. The van der Waals surface area contributed by atoms with Crippen LogP contribution < -0.4 is 0 Å². The van der Waals surface area contributed by atoms with E-state index in [2.05, 4.69) is 0 Å². The van der Waals surface area contributed by atoms with Crippen LogP contribution >= 0.6 is 11.8 Å². The second-order valence-corrected chi connectivity index (χ2v) is 8.18. The molecule has 0 saturated carbocycles. The summed E-state index contributed by atoms with van der Waals surface area (Å²) in [6, 6.07) is 15.2. The fourth-order valence-corrected chi connectivity index (χ4v) is 4.33. The summed E-state index contributed by atoms with van der Waals surface area (Å²) in [5.74, 6) is 0.134. The van der Waals surface area contributed by atoms with Crippen LogP contribution in [0, 0.1) is 19.7 Å². The van der Waals surface area contributed by atoms with Crippen molar-refractivity contribution >= 4 is 29.1 Å². The Balaban J connectivity index is 1.69. The highest BCUT2D eigenvalue weighted by Gasteiger charge is 2.39. The fourth-order valence-electron chi connectivity index (χ4n) is 3.29. The van der Waals surface area contributed by atoms with Gasteiger partial charge in [0.2, 0.25) is 0 Å². The molecule has 0 N–H and O–H groups in total. The van der Waals surface area contributed by atoms with Gasteiger partial charge in [0, 0.05) is 0 Å². The lowest BCUT2D eigenvalue weighted by molar-refractivity contribution is -0.137. The molecule has 1 aliphatic rings. The molecule has 1 aliphatic heterocycles. The van der Waals surface area contributed by atoms with Crippen LogP contribution in [0.4, 0.5) is 4.39 Å². The maximum atomic E-state index is 13.3. The molecule has 0 aliphatic carbocycles. The van der Waals surface area contributed by atoms with Gasteiger partial charge in [-0.1, -0.05) is 30.3 Å². The molecule has 0 radical (unpaired) electrons. The third kappa shape index (κ3) is 3.96. The number of hydrogen-bond acceptors (Lipinski definition) is 4. The normalized spacial score (nSPS) is 14.2. The topological polar surface area (TPSA) is 50.5 Å². The van der Waals surface area contributed by atoms with Crippen molar-refractivity contribution in [2.45, 2.75) is 26.1 Å². The molecule has 0 bridgehead atoms. The summed E-state index contributed by atoms with van der Waals surface area (Å²) in [6.45, 7) is 4.08. The number of furan rings is 1. The zero-order valence-electron chi connectivity index (χ0n) is 16.6. The molecule has 0 saturated heterocycles. The van der Waals surface area contributed by atoms with Gasteiger partial charge in [0.25, 0.3) is 11.8 Å².